The van der Waals surface area contributed by atoms with Gasteiger partial charge in [0.15, 0.2) is 0 Å². The molecule has 5 aromatic rings. The molecular weight excluding hydrogens is 649 g/mol. The van der Waals surface area contributed by atoms with Gasteiger partial charge in [-0.2, -0.15) is 0 Å². The average molecular weight is 695 g/mol. The average Bonchev–Trinajstić information content (AvgIpc) is 3.50. The molecule has 0 spiro atoms. The van der Waals surface area contributed by atoms with Crippen molar-refractivity contribution < 1.29 is 9.47 Å². The summed E-state index contributed by atoms with van der Waals surface area (Å²) in [7, 11) is -1.91. The monoisotopic (exact) mass is 694 g/mol. The van der Waals surface area contributed by atoms with Crippen LogP contribution in [0, 0.1) is 5.92 Å². The quantitative estimate of drug-likeness (QED) is 0.135. The fourth-order valence-electron chi connectivity index (χ4n) is 10.4. The molecule has 0 saturated heterocycles. The van der Waals surface area contributed by atoms with Crippen LogP contribution in [0.2, 0.25) is 13.1 Å². The SMILES string of the molecule is CC1(C)C2=C(Oc3ccccc31)C1c3ccc(/C=C/c4ccc5c(c4)C(C)(C)c4ccc6c(c4-5)Oc4ccccc4[Si]6(C)C)cc3C(C)(C)C1C=C2. The normalized spacial score (nSPS) is 22.5. The standard InChI is InChI=1S/C49H46O2Si/c1-47(2)33-13-9-10-14-39(33)50-45-36(47)24-23-34-43(45)31-21-19-29(27-37(31)48(34,3)4)17-18-30-20-22-32-38(28-30)49(5,6)35-25-26-42-46(44(32)35)51-40-15-11-12-16-41(40)52(42,7)8/h9-28,34,43H,1-8H3/b18-17+. The Kier molecular flexibility index (Phi) is 6.36. The molecule has 5 aromatic carbocycles. The Morgan fingerprint density at radius 3 is 2.10 bits per heavy atom. The van der Waals surface area contributed by atoms with Crippen LogP contribution in [0.15, 0.2) is 121 Å². The van der Waals surface area contributed by atoms with E-state index in [0.29, 0.717) is 5.92 Å². The van der Waals surface area contributed by atoms with Crippen molar-refractivity contribution in [3.8, 4) is 28.4 Å². The van der Waals surface area contributed by atoms with Crippen molar-refractivity contribution >= 4 is 30.6 Å². The predicted molar refractivity (Wildman–Crippen MR) is 218 cm³/mol. The summed E-state index contributed by atoms with van der Waals surface area (Å²) < 4.78 is 13.6. The van der Waals surface area contributed by atoms with Gasteiger partial charge in [-0.25, -0.2) is 0 Å². The first kappa shape index (κ1) is 31.8. The first-order chi connectivity index (χ1) is 24.8. The Hall–Kier alpha value is -4.86. The minimum absolute atomic E-state index is 0.0220. The molecule has 5 aliphatic rings. The number of rotatable bonds is 2. The van der Waals surface area contributed by atoms with E-state index in [1.807, 2.05) is 0 Å². The molecule has 2 nitrogen and oxygen atoms in total. The van der Waals surface area contributed by atoms with Crippen molar-refractivity contribution in [1.82, 2.24) is 0 Å². The molecule has 2 heterocycles. The summed E-state index contributed by atoms with van der Waals surface area (Å²) >= 11 is 0. The van der Waals surface area contributed by atoms with E-state index in [1.165, 1.54) is 66.0 Å². The number of allylic oxidation sites excluding steroid dienone is 4. The Morgan fingerprint density at radius 2 is 1.31 bits per heavy atom. The highest BCUT2D eigenvalue weighted by molar-refractivity contribution is 7.01. The highest BCUT2D eigenvalue weighted by atomic mass is 28.3. The number of fused-ring (bicyclic) bond motifs is 11. The Morgan fingerprint density at radius 1 is 0.615 bits per heavy atom. The van der Waals surface area contributed by atoms with Crippen LogP contribution in [0.1, 0.15) is 86.4 Å². The van der Waals surface area contributed by atoms with E-state index in [0.717, 1.165) is 23.0 Å². The van der Waals surface area contributed by atoms with Gasteiger partial charge in [-0.05, 0) is 66.9 Å². The van der Waals surface area contributed by atoms with Gasteiger partial charge in [0, 0.05) is 39.4 Å². The lowest BCUT2D eigenvalue weighted by Crippen LogP contribution is -2.56. The van der Waals surface area contributed by atoms with Crippen LogP contribution in [0.3, 0.4) is 0 Å². The Bertz CT molecular complexity index is 2490. The van der Waals surface area contributed by atoms with Gasteiger partial charge in [-0.1, -0.05) is 164 Å². The van der Waals surface area contributed by atoms with E-state index in [9.17, 15) is 0 Å². The summed E-state index contributed by atoms with van der Waals surface area (Å²) in [5.41, 5.74) is 12.9. The van der Waals surface area contributed by atoms with Gasteiger partial charge in [0.1, 0.15) is 31.1 Å². The fourth-order valence-corrected chi connectivity index (χ4v) is 13.2. The van der Waals surface area contributed by atoms with Gasteiger partial charge in [-0.3, -0.25) is 0 Å². The van der Waals surface area contributed by atoms with Crippen LogP contribution in [-0.2, 0) is 16.2 Å². The van der Waals surface area contributed by atoms with Gasteiger partial charge >= 0.3 is 0 Å². The molecule has 0 amide bonds. The molecule has 2 atom stereocenters. The van der Waals surface area contributed by atoms with Gasteiger partial charge in [0.2, 0.25) is 0 Å². The zero-order valence-electron chi connectivity index (χ0n) is 31.5. The maximum absolute atomic E-state index is 6.81. The predicted octanol–water partition coefficient (Wildman–Crippen LogP) is 11.3. The molecule has 0 fully saturated rings. The molecule has 0 N–H and O–H groups in total. The second kappa shape index (κ2) is 10.4. The van der Waals surface area contributed by atoms with Crippen LogP contribution in [0.5, 0.6) is 17.2 Å². The first-order valence-electron chi connectivity index (χ1n) is 18.9. The second-order valence-electron chi connectivity index (χ2n) is 17.8. The van der Waals surface area contributed by atoms with Crippen LogP contribution in [0.4, 0.5) is 0 Å². The summed E-state index contributed by atoms with van der Waals surface area (Å²) in [6, 6.07) is 36.1. The topological polar surface area (TPSA) is 18.5 Å². The summed E-state index contributed by atoms with van der Waals surface area (Å²) in [6.07, 6.45) is 9.41. The van der Waals surface area contributed by atoms with Crippen LogP contribution < -0.4 is 19.8 Å². The maximum atomic E-state index is 6.81. The highest BCUT2D eigenvalue weighted by Crippen LogP contribution is 2.60. The van der Waals surface area contributed by atoms with Crippen molar-refractivity contribution in [3.05, 3.63) is 159 Å². The second-order valence-corrected chi connectivity index (χ2v) is 22.1. The summed E-state index contributed by atoms with van der Waals surface area (Å²) in [4.78, 5) is 0. The zero-order valence-corrected chi connectivity index (χ0v) is 32.5. The number of para-hydroxylation sites is 2. The minimum Gasteiger partial charge on any atom is -0.460 e. The maximum Gasteiger partial charge on any atom is 0.135 e. The van der Waals surface area contributed by atoms with Crippen LogP contribution in [0.25, 0.3) is 23.3 Å². The Labute approximate surface area is 309 Å². The molecule has 52 heavy (non-hydrogen) atoms. The van der Waals surface area contributed by atoms with Gasteiger partial charge in [0.05, 0.1) is 0 Å². The summed E-state index contributed by atoms with van der Waals surface area (Å²) in [6.45, 7) is 19.1. The number of hydrogen-bond donors (Lipinski definition) is 0. The number of ether oxygens (including phenoxy) is 2. The van der Waals surface area contributed by atoms with Crippen LogP contribution >= 0.6 is 0 Å². The lowest BCUT2D eigenvalue weighted by atomic mass is 9.67. The molecule has 10 rings (SSSR count). The number of benzene rings is 5. The molecule has 2 aliphatic heterocycles. The molecule has 2 unspecified atom stereocenters. The lowest BCUT2D eigenvalue weighted by Gasteiger charge is -2.42. The third-order valence-corrected chi connectivity index (χ3v) is 17.0. The summed E-state index contributed by atoms with van der Waals surface area (Å²) in [5, 5.41) is 2.77. The van der Waals surface area contributed by atoms with E-state index >= 15 is 0 Å². The lowest BCUT2D eigenvalue weighted by molar-refractivity contribution is 0.283. The van der Waals surface area contributed by atoms with E-state index in [1.54, 1.807) is 0 Å². The minimum atomic E-state index is -1.91. The van der Waals surface area contributed by atoms with E-state index < -0.39 is 8.07 Å². The van der Waals surface area contributed by atoms with Crippen molar-refractivity contribution in [2.24, 2.45) is 5.92 Å². The molecule has 0 saturated carbocycles. The highest BCUT2D eigenvalue weighted by Gasteiger charge is 2.52. The van der Waals surface area contributed by atoms with Crippen molar-refractivity contribution in [1.29, 1.82) is 0 Å². The molecule has 3 aliphatic carbocycles. The summed E-state index contributed by atoms with van der Waals surface area (Å²) in [5.74, 6) is 4.79. The molecule has 258 valence electrons. The van der Waals surface area contributed by atoms with E-state index in [4.69, 9.17) is 9.47 Å². The zero-order chi connectivity index (χ0) is 35.9. The first-order valence-corrected chi connectivity index (χ1v) is 21.9. The third kappa shape index (κ3) is 4.12. The third-order valence-electron chi connectivity index (χ3n) is 13.5. The smallest absolute Gasteiger partial charge is 0.135 e. The van der Waals surface area contributed by atoms with Crippen molar-refractivity contribution in [2.45, 2.75) is 76.8 Å². The van der Waals surface area contributed by atoms with Gasteiger partial charge in [0.25, 0.3) is 0 Å². The molecule has 0 aromatic heterocycles. The molecule has 0 radical (unpaired) electrons. The van der Waals surface area contributed by atoms with E-state index in [-0.39, 0.29) is 22.2 Å². The molecule has 3 heteroatoms. The molecular formula is C49H46O2Si. The Balaban J connectivity index is 0.996. The van der Waals surface area contributed by atoms with Crippen LogP contribution in [-0.4, -0.2) is 8.07 Å². The molecule has 0 bridgehead atoms. The van der Waals surface area contributed by atoms with Crippen molar-refractivity contribution in [2.75, 3.05) is 0 Å². The largest absolute Gasteiger partial charge is 0.460 e. The van der Waals surface area contributed by atoms with Gasteiger partial charge < -0.3 is 9.47 Å². The van der Waals surface area contributed by atoms with Gasteiger partial charge in [-0.15, -0.1) is 0 Å². The van der Waals surface area contributed by atoms with E-state index in [2.05, 4.69) is 176 Å². The van der Waals surface area contributed by atoms with Crippen molar-refractivity contribution in [3.63, 3.8) is 0 Å². The number of hydrogen-bond acceptors (Lipinski definition) is 2. The fraction of sp³-hybridized carbons (Fsp3) is 0.265.